The first-order valence-corrected chi connectivity index (χ1v) is 15.3. The number of carbonyl (C=O) groups excluding carboxylic acids is 4. The molecule has 0 amide bonds. The molecule has 7 heteroatoms. The molecule has 0 aromatic heterocycles. The summed E-state index contributed by atoms with van der Waals surface area (Å²) < 4.78 is 15.8. The second kappa shape index (κ2) is 17.6. The van der Waals surface area contributed by atoms with Crippen LogP contribution in [0.4, 0.5) is 0 Å². The number of Topliss-reactive ketones (excluding diaryl/α,β-unsaturated/α-hetero) is 1. The van der Waals surface area contributed by atoms with Crippen LogP contribution in [0.5, 0.6) is 5.75 Å². The van der Waals surface area contributed by atoms with Gasteiger partial charge in [0.1, 0.15) is 5.75 Å². The predicted molar refractivity (Wildman–Crippen MR) is 166 cm³/mol. The van der Waals surface area contributed by atoms with Gasteiger partial charge in [0.15, 0.2) is 11.9 Å². The number of rotatable bonds is 17. The molecule has 0 aliphatic heterocycles. The highest BCUT2D eigenvalue weighted by atomic mass is 16.6. The Labute approximate surface area is 254 Å². The SMILES string of the molecule is CCCCCCOC(=O)C(C)OC(=O)c1ccc(OC(=O)c2ccc(-c3ccc(C(=O)CCCCCC)cc3)cc2)cc1. The van der Waals surface area contributed by atoms with Gasteiger partial charge in [0, 0.05) is 12.0 Å². The first kappa shape index (κ1) is 33.2. The molecule has 1 unspecified atom stereocenters. The van der Waals surface area contributed by atoms with Crippen molar-refractivity contribution in [3.05, 3.63) is 89.5 Å². The van der Waals surface area contributed by atoms with E-state index >= 15 is 0 Å². The van der Waals surface area contributed by atoms with Gasteiger partial charge < -0.3 is 14.2 Å². The fraction of sp³-hybridized carbons (Fsp3) is 0.389. The monoisotopic (exact) mass is 586 g/mol. The van der Waals surface area contributed by atoms with Gasteiger partial charge in [0.25, 0.3) is 0 Å². The van der Waals surface area contributed by atoms with Crippen molar-refractivity contribution in [1.82, 2.24) is 0 Å². The lowest BCUT2D eigenvalue weighted by Gasteiger charge is -2.13. The van der Waals surface area contributed by atoms with Gasteiger partial charge in [0.05, 0.1) is 17.7 Å². The van der Waals surface area contributed by atoms with Crippen molar-refractivity contribution < 1.29 is 33.4 Å². The van der Waals surface area contributed by atoms with E-state index in [9.17, 15) is 19.2 Å². The van der Waals surface area contributed by atoms with E-state index in [1.165, 1.54) is 31.2 Å². The molecule has 0 spiro atoms. The molecule has 0 saturated heterocycles. The summed E-state index contributed by atoms with van der Waals surface area (Å²) >= 11 is 0. The summed E-state index contributed by atoms with van der Waals surface area (Å²) in [5.74, 6) is -1.37. The number of ketones is 1. The number of hydrogen-bond acceptors (Lipinski definition) is 7. The van der Waals surface area contributed by atoms with Crippen LogP contribution in [0.3, 0.4) is 0 Å². The number of ether oxygens (including phenoxy) is 3. The summed E-state index contributed by atoms with van der Waals surface area (Å²) in [5, 5.41) is 0. The second-order valence-electron chi connectivity index (χ2n) is 10.6. The Hall–Kier alpha value is -4.26. The Balaban J connectivity index is 1.49. The van der Waals surface area contributed by atoms with Crippen LogP contribution >= 0.6 is 0 Å². The van der Waals surface area contributed by atoms with Gasteiger partial charge in [-0.25, -0.2) is 14.4 Å². The highest BCUT2D eigenvalue weighted by molar-refractivity contribution is 5.96. The van der Waals surface area contributed by atoms with E-state index < -0.39 is 24.0 Å². The van der Waals surface area contributed by atoms with Crippen LogP contribution in [-0.4, -0.2) is 36.4 Å². The van der Waals surface area contributed by atoms with Crippen molar-refractivity contribution in [3.8, 4) is 16.9 Å². The lowest BCUT2D eigenvalue weighted by atomic mass is 9.99. The van der Waals surface area contributed by atoms with Gasteiger partial charge in [-0.1, -0.05) is 88.8 Å². The van der Waals surface area contributed by atoms with Crippen LogP contribution in [-0.2, 0) is 14.3 Å². The van der Waals surface area contributed by atoms with Gasteiger partial charge in [-0.2, -0.15) is 0 Å². The Morgan fingerprint density at radius 3 is 1.70 bits per heavy atom. The van der Waals surface area contributed by atoms with Crippen LogP contribution in [0, 0.1) is 0 Å². The van der Waals surface area contributed by atoms with Gasteiger partial charge in [-0.3, -0.25) is 4.79 Å². The van der Waals surface area contributed by atoms with Gasteiger partial charge in [0.2, 0.25) is 0 Å². The Kier molecular flexibility index (Phi) is 13.6. The van der Waals surface area contributed by atoms with E-state index in [0.29, 0.717) is 24.2 Å². The second-order valence-corrected chi connectivity index (χ2v) is 10.6. The summed E-state index contributed by atoms with van der Waals surface area (Å²) in [6.45, 7) is 6.03. The summed E-state index contributed by atoms with van der Waals surface area (Å²) in [5.41, 5.74) is 3.16. The molecule has 0 aliphatic rings. The average Bonchev–Trinajstić information content (AvgIpc) is 3.03. The molecule has 43 heavy (non-hydrogen) atoms. The minimum atomic E-state index is -1.03. The Morgan fingerprint density at radius 1 is 0.605 bits per heavy atom. The van der Waals surface area contributed by atoms with Crippen LogP contribution in [0.2, 0.25) is 0 Å². The molecule has 0 fully saturated rings. The molecular weight excluding hydrogens is 544 g/mol. The largest absolute Gasteiger partial charge is 0.463 e. The van der Waals surface area contributed by atoms with E-state index in [-0.39, 0.29) is 17.1 Å². The molecule has 3 aromatic carbocycles. The molecule has 0 heterocycles. The Morgan fingerprint density at radius 2 is 1.12 bits per heavy atom. The summed E-state index contributed by atoms with van der Waals surface area (Å²) in [6, 6.07) is 20.5. The van der Waals surface area contributed by atoms with Crippen LogP contribution in [0.25, 0.3) is 11.1 Å². The van der Waals surface area contributed by atoms with Crippen LogP contribution in [0.15, 0.2) is 72.8 Å². The fourth-order valence-corrected chi connectivity index (χ4v) is 4.42. The normalized spacial score (nSPS) is 11.4. The number of hydrogen-bond donors (Lipinski definition) is 0. The van der Waals surface area contributed by atoms with E-state index in [2.05, 4.69) is 13.8 Å². The number of carbonyl (C=O) groups is 4. The zero-order chi connectivity index (χ0) is 31.0. The third kappa shape index (κ3) is 10.8. The lowest BCUT2D eigenvalue weighted by molar-refractivity contribution is -0.153. The molecule has 3 aromatic rings. The topological polar surface area (TPSA) is 96.0 Å². The molecule has 0 bridgehead atoms. The van der Waals surface area contributed by atoms with Gasteiger partial charge in [-0.15, -0.1) is 0 Å². The molecule has 0 N–H and O–H groups in total. The maximum Gasteiger partial charge on any atom is 0.347 e. The summed E-state index contributed by atoms with van der Waals surface area (Å²) in [6.07, 6.45) is 7.76. The minimum Gasteiger partial charge on any atom is -0.463 e. The standard InChI is InChI=1S/C36H42O7/c1-4-6-8-10-12-33(37)29-17-13-27(14-18-29)28-15-19-30(20-16-28)36(40)43-32-23-21-31(22-24-32)35(39)42-26(3)34(38)41-25-11-9-7-5-2/h13-24,26H,4-12,25H2,1-3H3. The summed E-state index contributed by atoms with van der Waals surface area (Å²) in [4.78, 5) is 49.6. The number of unbranched alkanes of at least 4 members (excludes halogenated alkanes) is 6. The third-order valence-electron chi connectivity index (χ3n) is 7.08. The quantitative estimate of drug-likeness (QED) is 0.0678. The van der Waals surface area contributed by atoms with Gasteiger partial charge in [-0.05, 0) is 67.3 Å². The smallest absolute Gasteiger partial charge is 0.347 e. The molecule has 1 atom stereocenters. The molecule has 7 nitrogen and oxygen atoms in total. The Bertz CT molecular complexity index is 1330. The zero-order valence-electron chi connectivity index (χ0n) is 25.4. The van der Waals surface area contributed by atoms with E-state index in [0.717, 1.165) is 62.5 Å². The molecule has 0 radical (unpaired) electrons. The highest BCUT2D eigenvalue weighted by Gasteiger charge is 2.20. The molecular formula is C36H42O7. The van der Waals surface area contributed by atoms with Crippen LogP contribution < -0.4 is 4.74 Å². The van der Waals surface area contributed by atoms with Crippen molar-refractivity contribution in [3.63, 3.8) is 0 Å². The van der Waals surface area contributed by atoms with Crippen molar-refractivity contribution in [2.75, 3.05) is 6.61 Å². The number of esters is 3. The summed E-state index contributed by atoms with van der Waals surface area (Å²) in [7, 11) is 0. The van der Waals surface area contributed by atoms with Crippen molar-refractivity contribution in [1.29, 1.82) is 0 Å². The first-order valence-electron chi connectivity index (χ1n) is 15.3. The van der Waals surface area contributed by atoms with Gasteiger partial charge >= 0.3 is 17.9 Å². The zero-order valence-corrected chi connectivity index (χ0v) is 25.4. The maximum atomic E-state index is 12.7. The molecule has 3 rings (SSSR count). The van der Waals surface area contributed by atoms with E-state index in [4.69, 9.17) is 14.2 Å². The van der Waals surface area contributed by atoms with Crippen molar-refractivity contribution in [2.45, 2.75) is 84.7 Å². The molecule has 228 valence electrons. The maximum absolute atomic E-state index is 12.7. The number of benzene rings is 3. The fourth-order valence-electron chi connectivity index (χ4n) is 4.42. The van der Waals surface area contributed by atoms with Crippen molar-refractivity contribution in [2.24, 2.45) is 0 Å². The lowest BCUT2D eigenvalue weighted by Crippen LogP contribution is -2.26. The minimum absolute atomic E-state index is 0.161. The van der Waals surface area contributed by atoms with Crippen molar-refractivity contribution >= 4 is 23.7 Å². The van der Waals surface area contributed by atoms with Crippen LogP contribution in [0.1, 0.15) is 110 Å². The molecule has 0 aliphatic carbocycles. The van der Waals surface area contributed by atoms with E-state index in [1.807, 2.05) is 36.4 Å². The third-order valence-corrected chi connectivity index (χ3v) is 7.08. The highest BCUT2D eigenvalue weighted by Crippen LogP contribution is 2.22. The first-order chi connectivity index (χ1) is 20.8. The predicted octanol–water partition coefficient (Wildman–Crippen LogP) is 8.39. The van der Waals surface area contributed by atoms with E-state index in [1.54, 1.807) is 12.1 Å². The average molecular weight is 587 g/mol. The molecule has 0 saturated carbocycles.